The molecule has 0 spiro atoms. The van der Waals surface area contributed by atoms with Crippen LogP contribution in [0.4, 0.5) is 10.3 Å². The summed E-state index contributed by atoms with van der Waals surface area (Å²) >= 11 is 6.86. The van der Waals surface area contributed by atoms with E-state index in [9.17, 15) is 4.39 Å². The standard InChI is InChI=1S/C16H12Br2FN5/c17-10-3-1-9(2-4-10)14-8-15(24-16(20-14)21-22-23-24)12-7-11(18)5-6-13(12)19/h1-7,14-15H,8H2,(H,20,21,23)/t14-,15+/m1/s1. The number of nitrogens with one attached hydrogen (secondary N) is 1. The van der Waals surface area contributed by atoms with Gasteiger partial charge in [0.25, 0.3) is 0 Å². The lowest BCUT2D eigenvalue weighted by atomic mass is 9.93. The highest BCUT2D eigenvalue weighted by molar-refractivity contribution is 9.10. The smallest absolute Gasteiger partial charge is 0.243 e. The molecule has 1 aliphatic heterocycles. The maximum absolute atomic E-state index is 14.4. The van der Waals surface area contributed by atoms with Crippen molar-refractivity contribution in [2.24, 2.45) is 0 Å². The molecule has 5 nitrogen and oxygen atoms in total. The summed E-state index contributed by atoms with van der Waals surface area (Å²) in [4.78, 5) is 0. The summed E-state index contributed by atoms with van der Waals surface area (Å²) in [6, 6.07) is 12.7. The monoisotopic (exact) mass is 451 g/mol. The highest BCUT2D eigenvalue weighted by atomic mass is 79.9. The van der Waals surface area contributed by atoms with E-state index in [4.69, 9.17) is 0 Å². The lowest BCUT2D eigenvalue weighted by Gasteiger charge is -2.31. The molecule has 2 atom stereocenters. The van der Waals surface area contributed by atoms with E-state index in [1.54, 1.807) is 16.8 Å². The van der Waals surface area contributed by atoms with E-state index in [0.717, 1.165) is 14.5 Å². The number of hydrogen-bond donors (Lipinski definition) is 1. The van der Waals surface area contributed by atoms with Crippen LogP contribution < -0.4 is 5.32 Å². The minimum atomic E-state index is -0.276. The van der Waals surface area contributed by atoms with Gasteiger partial charge in [0, 0.05) is 14.5 Å². The topological polar surface area (TPSA) is 55.6 Å². The zero-order chi connectivity index (χ0) is 16.7. The van der Waals surface area contributed by atoms with Crippen molar-refractivity contribution in [3.8, 4) is 0 Å². The van der Waals surface area contributed by atoms with Crippen LogP contribution in [0.1, 0.15) is 29.6 Å². The zero-order valence-electron chi connectivity index (χ0n) is 12.3. The molecule has 0 bridgehead atoms. The average molecular weight is 453 g/mol. The number of rotatable bonds is 2. The van der Waals surface area contributed by atoms with Crippen LogP contribution in [0.15, 0.2) is 51.4 Å². The molecule has 0 unspecified atom stereocenters. The first kappa shape index (κ1) is 15.7. The highest BCUT2D eigenvalue weighted by Gasteiger charge is 2.32. The summed E-state index contributed by atoms with van der Waals surface area (Å²) < 4.78 is 17.9. The maximum Gasteiger partial charge on any atom is 0.243 e. The van der Waals surface area contributed by atoms with Crippen LogP contribution in [0.5, 0.6) is 0 Å². The number of hydrogen-bond acceptors (Lipinski definition) is 4. The van der Waals surface area contributed by atoms with Gasteiger partial charge in [0.2, 0.25) is 5.95 Å². The first-order valence-electron chi connectivity index (χ1n) is 7.36. The molecule has 0 amide bonds. The van der Waals surface area contributed by atoms with E-state index in [0.29, 0.717) is 17.9 Å². The lowest BCUT2D eigenvalue weighted by molar-refractivity contribution is 0.409. The molecule has 0 radical (unpaired) electrons. The molecule has 2 heterocycles. The van der Waals surface area contributed by atoms with E-state index >= 15 is 0 Å². The molecule has 8 heteroatoms. The quantitative estimate of drug-likeness (QED) is 0.622. The Hall–Kier alpha value is -1.80. The fraction of sp³-hybridized carbons (Fsp3) is 0.188. The molecular weight excluding hydrogens is 441 g/mol. The van der Waals surface area contributed by atoms with Crippen LogP contribution in [0.25, 0.3) is 0 Å². The summed E-state index contributed by atoms with van der Waals surface area (Å²) in [7, 11) is 0. The van der Waals surface area contributed by atoms with Gasteiger partial charge in [-0.15, -0.1) is 0 Å². The molecule has 1 aromatic heterocycles. The summed E-state index contributed by atoms with van der Waals surface area (Å²) in [6.45, 7) is 0. The number of benzene rings is 2. The van der Waals surface area contributed by atoms with Crippen molar-refractivity contribution in [2.45, 2.75) is 18.5 Å². The highest BCUT2D eigenvalue weighted by Crippen LogP contribution is 2.38. The van der Waals surface area contributed by atoms with Gasteiger partial charge in [-0.2, -0.15) is 0 Å². The Bertz CT molecular complexity index is 880. The van der Waals surface area contributed by atoms with Crippen molar-refractivity contribution in [1.82, 2.24) is 20.2 Å². The van der Waals surface area contributed by atoms with Gasteiger partial charge < -0.3 is 5.32 Å². The summed E-state index contributed by atoms with van der Waals surface area (Å²) in [5.41, 5.74) is 1.68. The van der Waals surface area contributed by atoms with Crippen LogP contribution in [-0.4, -0.2) is 20.2 Å². The minimum absolute atomic E-state index is 0.0000170. The van der Waals surface area contributed by atoms with Gasteiger partial charge in [-0.1, -0.05) is 49.1 Å². The van der Waals surface area contributed by atoms with Crippen molar-refractivity contribution in [2.75, 3.05) is 5.32 Å². The van der Waals surface area contributed by atoms with Gasteiger partial charge in [-0.3, -0.25) is 0 Å². The van der Waals surface area contributed by atoms with Crippen LogP contribution in [0, 0.1) is 5.82 Å². The van der Waals surface area contributed by atoms with Gasteiger partial charge >= 0.3 is 0 Å². The summed E-state index contributed by atoms with van der Waals surface area (Å²) in [5.74, 6) is 0.277. The molecule has 1 N–H and O–H groups in total. The van der Waals surface area contributed by atoms with Gasteiger partial charge in [0.05, 0.1) is 12.1 Å². The van der Waals surface area contributed by atoms with Crippen molar-refractivity contribution in [3.63, 3.8) is 0 Å². The third-order valence-electron chi connectivity index (χ3n) is 4.14. The average Bonchev–Trinajstić information content (AvgIpc) is 3.05. The van der Waals surface area contributed by atoms with Crippen molar-refractivity contribution < 1.29 is 4.39 Å². The van der Waals surface area contributed by atoms with Crippen LogP contribution in [0.3, 0.4) is 0 Å². The van der Waals surface area contributed by atoms with Crippen molar-refractivity contribution in [3.05, 3.63) is 68.4 Å². The SMILES string of the molecule is Fc1ccc(Br)cc1[C@@H]1C[C@H](c2ccc(Br)cc2)Nc2nnnn21. The fourth-order valence-corrected chi connectivity index (χ4v) is 3.62. The predicted molar refractivity (Wildman–Crippen MR) is 95.2 cm³/mol. The minimum Gasteiger partial charge on any atom is -0.346 e. The largest absolute Gasteiger partial charge is 0.346 e. The number of tetrazole rings is 1. The van der Waals surface area contributed by atoms with Crippen molar-refractivity contribution >= 4 is 37.8 Å². The first-order chi connectivity index (χ1) is 11.6. The Balaban J connectivity index is 1.76. The second-order valence-electron chi connectivity index (χ2n) is 5.61. The summed E-state index contributed by atoms with van der Waals surface area (Å²) in [6.07, 6.45) is 0.646. The third kappa shape index (κ3) is 2.84. The van der Waals surface area contributed by atoms with E-state index in [1.807, 2.05) is 24.3 Å². The number of aromatic nitrogens is 4. The Morgan fingerprint density at radius 1 is 1.08 bits per heavy atom. The number of fused-ring (bicyclic) bond motifs is 1. The molecule has 122 valence electrons. The molecular formula is C16H12Br2FN5. The zero-order valence-corrected chi connectivity index (χ0v) is 15.5. The lowest BCUT2D eigenvalue weighted by Crippen LogP contribution is -2.28. The second-order valence-corrected chi connectivity index (χ2v) is 7.44. The predicted octanol–water partition coefficient (Wildman–Crippen LogP) is 4.48. The van der Waals surface area contributed by atoms with E-state index in [1.165, 1.54) is 6.07 Å². The Morgan fingerprint density at radius 3 is 2.62 bits per heavy atom. The van der Waals surface area contributed by atoms with E-state index < -0.39 is 0 Å². The molecule has 24 heavy (non-hydrogen) atoms. The van der Waals surface area contributed by atoms with Gasteiger partial charge in [0.15, 0.2) is 0 Å². The van der Waals surface area contributed by atoms with Crippen LogP contribution >= 0.6 is 31.9 Å². The van der Waals surface area contributed by atoms with Crippen molar-refractivity contribution in [1.29, 1.82) is 0 Å². The molecule has 4 rings (SSSR count). The second kappa shape index (κ2) is 6.25. The molecule has 0 saturated carbocycles. The Kier molecular flexibility index (Phi) is 4.09. The molecule has 2 aromatic carbocycles. The normalized spacial score (nSPS) is 19.6. The number of halogens is 3. The van der Waals surface area contributed by atoms with Gasteiger partial charge in [-0.25, -0.2) is 9.07 Å². The molecule has 1 aliphatic rings. The van der Waals surface area contributed by atoms with Crippen LogP contribution in [0.2, 0.25) is 0 Å². The maximum atomic E-state index is 14.4. The molecule has 0 saturated heterocycles. The number of anilines is 1. The molecule has 3 aromatic rings. The Morgan fingerprint density at radius 2 is 1.83 bits per heavy atom. The molecule has 0 fully saturated rings. The van der Waals surface area contributed by atoms with E-state index in [-0.39, 0.29) is 17.9 Å². The van der Waals surface area contributed by atoms with E-state index in [2.05, 4.69) is 52.7 Å². The van der Waals surface area contributed by atoms with Gasteiger partial charge in [0.1, 0.15) is 5.82 Å². The fourth-order valence-electron chi connectivity index (χ4n) is 2.98. The summed E-state index contributed by atoms with van der Waals surface area (Å²) in [5, 5.41) is 15.1. The van der Waals surface area contributed by atoms with Gasteiger partial charge in [-0.05, 0) is 52.7 Å². The van der Waals surface area contributed by atoms with Crippen LogP contribution in [-0.2, 0) is 0 Å². The third-order valence-corrected chi connectivity index (χ3v) is 5.16. The molecule has 0 aliphatic carbocycles. The first-order valence-corrected chi connectivity index (χ1v) is 8.95. The number of nitrogens with zero attached hydrogens (tertiary/aromatic N) is 4. The Labute approximate surface area is 154 Å².